The van der Waals surface area contributed by atoms with Crippen LogP contribution in [0.3, 0.4) is 0 Å². The number of aromatic nitrogens is 2. The van der Waals surface area contributed by atoms with Crippen molar-refractivity contribution in [3.8, 4) is 0 Å². The Morgan fingerprint density at radius 1 is 1.17 bits per heavy atom. The maximum Gasteiger partial charge on any atom is 0.252 e. The van der Waals surface area contributed by atoms with Gasteiger partial charge in [0.15, 0.2) is 5.82 Å². The highest BCUT2D eigenvalue weighted by Gasteiger charge is 2.54. The van der Waals surface area contributed by atoms with Crippen molar-refractivity contribution in [1.29, 1.82) is 0 Å². The molecular weight excluding hydrogens is 366 g/mol. The SMILES string of the molecule is COCc1nc(C2(CC3CC3)CCN(C(=O)C3(c4ccccc4)CC3)CC2)no1. The van der Waals surface area contributed by atoms with E-state index in [-0.39, 0.29) is 10.8 Å². The van der Waals surface area contributed by atoms with Crippen LogP contribution < -0.4 is 0 Å². The molecule has 0 atom stereocenters. The minimum atomic E-state index is -0.282. The number of rotatable bonds is 7. The zero-order valence-electron chi connectivity index (χ0n) is 17.1. The molecule has 2 aliphatic carbocycles. The second kappa shape index (κ2) is 7.24. The molecule has 3 fully saturated rings. The molecule has 0 bridgehead atoms. The monoisotopic (exact) mass is 395 g/mol. The molecule has 1 saturated heterocycles. The molecule has 1 amide bonds. The molecular formula is C23H29N3O3. The van der Waals surface area contributed by atoms with Crippen LogP contribution in [-0.2, 0) is 27.0 Å². The van der Waals surface area contributed by atoms with Crippen molar-refractivity contribution in [2.75, 3.05) is 20.2 Å². The van der Waals surface area contributed by atoms with Gasteiger partial charge < -0.3 is 14.2 Å². The Kier molecular flexibility index (Phi) is 4.69. The molecule has 1 aromatic heterocycles. The molecule has 6 heteroatoms. The van der Waals surface area contributed by atoms with Crippen LogP contribution in [0.15, 0.2) is 34.9 Å². The maximum atomic E-state index is 13.4. The number of methoxy groups -OCH3 is 1. The molecule has 2 heterocycles. The minimum absolute atomic E-state index is 0.0725. The largest absolute Gasteiger partial charge is 0.375 e. The summed E-state index contributed by atoms with van der Waals surface area (Å²) in [5.74, 6) is 2.42. The molecule has 5 rings (SSSR count). The van der Waals surface area contributed by atoms with E-state index in [1.165, 1.54) is 18.4 Å². The van der Waals surface area contributed by atoms with Gasteiger partial charge in [-0.1, -0.05) is 48.3 Å². The van der Waals surface area contributed by atoms with Crippen LogP contribution in [-0.4, -0.2) is 41.1 Å². The third-order valence-electron chi connectivity index (χ3n) is 7.08. The Labute approximate surface area is 171 Å². The Morgan fingerprint density at radius 3 is 2.52 bits per heavy atom. The molecule has 0 spiro atoms. The number of likely N-dealkylation sites (tertiary alicyclic amines) is 1. The third-order valence-corrected chi connectivity index (χ3v) is 7.08. The molecule has 29 heavy (non-hydrogen) atoms. The zero-order valence-corrected chi connectivity index (χ0v) is 17.1. The fourth-order valence-corrected chi connectivity index (χ4v) is 4.99. The summed E-state index contributed by atoms with van der Waals surface area (Å²) in [4.78, 5) is 20.1. The van der Waals surface area contributed by atoms with Crippen LogP contribution >= 0.6 is 0 Å². The number of hydrogen-bond donors (Lipinski definition) is 0. The van der Waals surface area contributed by atoms with Crippen molar-refractivity contribution in [3.05, 3.63) is 47.6 Å². The van der Waals surface area contributed by atoms with Crippen molar-refractivity contribution in [3.63, 3.8) is 0 Å². The maximum absolute atomic E-state index is 13.4. The summed E-state index contributed by atoms with van der Waals surface area (Å²) in [6.07, 6.45) is 7.44. The highest BCUT2D eigenvalue weighted by Crippen LogP contribution is 2.51. The topological polar surface area (TPSA) is 68.5 Å². The van der Waals surface area contributed by atoms with Crippen LogP contribution in [0.5, 0.6) is 0 Å². The number of piperidine rings is 1. The van der Waals surface area contributed by atoms with Gasteiger partial charge in [0.25, 0.3) is 5.89 Å². The molecule has 2 saturated carbocycles. The molecule has 3 aliphatic rings. The summed E-state index contributed by atoms with van der Waals surface area (Å²) in [5.41, 5.74) is 0.814. The Balaban J connectivity index is 1.32. The molecule has 1 aromatic carbocycles. The zero-order chi connectivity index (χ0) is 19.9. The van der Waals surface area contributed by atoms with Crippen molar-refractivity contribution in [1.82, 2.24) is 15.0 Å². The van der Waals surface area contributed by atoms with Gasteiger partial charge in [0.1, 0.15) is 6.61 Å². The molecule has 154 valence electrons. The first-order chi connectivity index (χ1) is 14.2. The van der Waals surface area contributed by atoms with Crippen molar-refractivity contribution in [2.45, 2.75) is 62.4 Å². The van der Waals surface area contributed by atoms with Gasteiger partial charge in [-0.3, -0.25) is 4.79 Å². The van der Waals surface area contributed by atoms with Gasteiger partial charge in [0.05, 0.1) is 5.41 Å². The molecule has 6 nitrogen and oxygen atoms in total. The molecule has 0 radical (unpaired) electrons. The minimum Gasteiger partial charge on any atom is -0.375 e. The van der Waals surface area contributed by atoms with Gasteiger partial charge in [-0.05, 0) is 43.6 Å². The van der Waals surface area contributed by atoms with E-state index in [0.29, 0.717) is 18.4 Å². The van der Waals surface area contributed by atoms with Crippen LogP contribution in [0, 0.1) is 5.92 Å². The van der Waals surface area contributed by atoms with Gasteiger partial charge in [0, 0.05) is 25.6 Å². The first-order valence-corrected chi connectivity index (χ1v) is 10.8. The molecule has 2 aromatic rings. The number of carbonyl (C=O) groups is 1. The Morgan fingerprint density at radius 2 is 1.90 bits per heavy atom. The van der Waals surface area contributed by atoms with Crippen LogP contribution in [0.2, 0.25) is 0 Å². The van der Waals surface area contributed by atoms with Gasteiger partial charge in [-0.25, -0.2) is 0 Å². The summed E-state index contributed by atoms with van der Waals surface area (Å²) in [6, 6.07) is 10.3. The number of hydrogen-bond acceptors (Lipinski definition) is 5. The van der Waals surface area contributed by atoms with E-state index in [1.807, 2.05) is 18.2 Å². The number of benzene rings is 1. The summed E-state index contributed by atoms with van der Waals surface area (Å²) < 4.78 is 10.6. The lowest BCUT2D eigenvalue weighted by molar-refractivity contribution is -0.135. The third kappa shape index (κ3) is 3.48. The van der Waals surface area contributed by atoms with Gasteiger partial charge in [-0.15, -0.1) is 0 Å². The highest BCUT2D eigenvalue weighted by molar-refractivity contribution is 5.91. The van der Waals surface area contributed by atoms with Crippen LogP contribution in [0.25, 0.3) is 0 Å². The van der Waals surface area contributed by atoms with Crippen LogP contribution in [0.1, 0.15) is 62.2 Å². The summed E-state index contributed by atoms with van der Waals surface area (Å²) in [6.45, 7) is 1.89. The first-order valence-electron chi connectivity index (χ1n) is 10.8. The van der Waals surface area contributed by atoms with E-state index in [0.717, 1.165) is 56.9 Å². The van der Waals surface area contributed by atoms with Gasteiger partial charge >= 0.3 is 0 Å². The smallest absolute Gasteiger partial charge is 0.252 e. The lowest BCUT2D eigenvalue weighted by Crippen LogP contribution is -2.49. The predicted octanol–water partition coefficient (Wildman–Crippen LogP) is 3.61. The lowest BCUT2D eigenvalue weighted by Gasteiger charge is -2.41. The van der Waals surface area contributed by atoms with E-state index in [2.05, 4.69) is 27.2 Å². The molecule has 0 unspecified atom stereocenters. The summed E-state index contributed by atoms with van der Waals surface area (Å²) in [7, 11) is 1.63. The Bertz CT molecular complexity index is 863. The van der Waals surface area contributed by atoms with Gasteiger partial charge in [-0.2, -0.15) is 4.98 Å². The standard InChI is InChI=1S/C23H29N3O3/c1-28-16-19-24-20(25-29-19)22(15-17-7-8-17)11-13-26(14-12-22)21(27)23(9-10-23)18-5-3-2-4-6-18/h2-6,17H,7-16H2,1H3. The van der Waals surface area contributed by atoms with E-state index >= 15 is 0 Å². The average molecular weight is 396 g/mol. The molecule has 1 aliphatic heterocycles. The number of carbonyl (C=O) groups excluding carboxylic acids is 1. The van der Waals surface area contributed by atoms with Crippen molar-refractivity contribution in [2.24, 2.45) is 5.92 Å². The van der Waals surface area contributed by atoms with E-state index < -0.39 is 0 Å². The van der Waals surface area contributed by atoms with E-state index in [9.17, 15) is 4.79 Å². The predicted molar refractivity (Wildman–Crippen MR) is 107 cm³/mol. The van der Waals surface area contributed by atoms with Crippen molar-refractivity contribution < 1.29 is 14.1 Å². The first kappa shape index (κ1) is 18.8. The number of ether oxygens (including phenoxy) is 1. The average Bonchev–Trinajstić information content (AvgIpc) is 3.68. The highest BCUT2D eigenvalue weighted by atomic mass is 16.5. The lowest BCUT2D eigenvalue weighted by atomic mass is 9.73. The summed E-state index contributed by atoms with van der Waals surface area (Å²) >= 11 is 0. The fraction of sp³-hybridized carbons (Fsp3) is 0.609. The molecule has 0 N–H and O–H groups in total. The van der Waals surface area contributed by atoms with Crippen LogP contribution in [0.4, 0.5) is 0 Å². The number of amides is 1. The van der Waals surface area contributed by atoms with E-state index in [1.54, 1.807) is 7.11 Å². The van der Waals surface area contributed by atoms with E-state index in [4.69, 9.17) is 9.26 Å². The Hall–Kier alpha value is -2.21. The fourth-order valence-electron chi connectivity index (χ4n) is 4.99. The second-order valence-corrected chi connectivity index (χ2v) is 9.11. The van der Waals surface area contributed by atoms with Crippen molar-refractivity contribution >= 4 is 5.91 Å². The normalized spacial score (nSPS) is 22.4. The second-order valence-electron chi connectivity index (χ2n) is 9.11. The quantitative estimate of drug-likeness (QED) is 0.716. The summed E-state index contributed by atoms with van der Waals surface area (Å²) in [5, 5.41) is 4.32. The van der Waals surface area contributed by atoms with Gasteiger partial charge in [0.2, 0.25) is 5.91 Å². The number of nitrogens with zero attached hydrogens (tertiary/aromatic N) is 3.